The lowest BCUT2D eigenvalue weighted by Gasteiger charge is -2.15. The van der Waals surface area contributed by atoms with Gasteiger partial charge in [0.15, 0.2) is 0 Å². The number of ether oxygens (including phenoxy) is 1. The van der Waals surface area contributed by atoms with Crippen LogP contribution in [0.1, 0.15) is 23.6 Å². The lowest BCUT2D eigenvalue weighted by molar-refractivity contribution is 0.398. The van der Waals surface area contributed by atoms with Crippen LogP contribution in [0.25, 0.3) is 0 Å². The quantitative estimate of drug-likeness (QED) is 0.930. The Hall–Kier alpha value is -1.55. The second-order valence-electron chi connectivity index (χ2n) is 4.67. The van der Waals surface area contributed by atoms with Crippen LogP contribution in [-0.2, 0) is 6.42 Å². The van der Waals surface area contributed by atoms with Gasteiger partial charge in [-0.2, -0.15) is 0 Å². The first-order chi connectivity index (χ1) is 9.26. The van der Waals surface area contributed by atoms with E-state index in [2.05, 4.69) is 44.4 Å². The Balaban J connectivity index is 1.78. The number of nitrogens with one attached hydrogen (secondary N) is 1. The molecular weight excluding hydrogens is 304 g/mol. The highest BCUT2D eigenvalue weighted by Crippen LogP contribution is 2.35. The van der Waals surface area contributed by atoms with Crippen molar-refractivity contribution in [1.82, 2.24) is 4.98 Å². The summed E-state index contributed by atoms with van der Waals surface area (Å²) >= 11 is 3.52. The molecule has 0 saturated carbocycles. The lowest BCUT2D eigenvalue weighted by Crippen LogP contribution is -2.07. The van der Waals surface area contributed by atoms with Crippen molar-refractivity contribution in [1.29, 1.82) is 0 Å². The van der Waals surface area contributed by atoms with Crippen LogP contribution in [-0.4, -0.2) is 12.1 Å². The minimum absolute atomic E-state index is 0.373. The van der Waals surface area contributed by atoms with Crippen LogP contribution < -0.4 is 10.1 Å². The van der Waals surface area contributed by atoms with Gasteiger partial charge in [-0.1, -0.05) is 22.0 Å². The maximum absolute atomic E-state index is 5.06. The number of benzene rings is 1. The summed E-state index contributed by atoms with van der Waals surface area (Å²) in [6.07, 6.45) is 4.06. The predicted octanol–water partition coefficient (Wildman–Crippen LogP) is 3.95. The molecule has 0 saturated heterocycles. The molecule has 1 aromatic carbocycles. The minimum atomic E-state index is 0.373. The number of anilines is 1. The van der Waals surface area contributed by atoms with Gasteiger partial charge in [0, 0.05) is 10.5 Å². The van der Waals surface area contributed by atoms with E-state index in [0.717, 1.165) is 23.0 Å². The minimum Gasteiger partial charge on any atom is -0.481 e. The molecule has 0 aliphatic heterocycles. The Bertz CT molecular complexity index is 583. The number of pyridine rings is 1. The van der Waals surface area contributed by atoms with Gasteiger partial charge in [-0.25, -0.2) is 4.98 Å². The van der Waals surface area contributed by atoms with Gasteiger partial charge in [0.05, 0.1) is 25.0 Å². The van der Waals surface area contributed by atoms with Crippen molar-refractivity contribution in [2.75, 3.05) is 12.4 Å². The highest BCUT2D eigenvalue weighted by atomic mass is 79.9. The second-order valence-corrected chi connectivity index (χ2v) is 5.58. The standard InChI is InChI=1S/C15H15BrN2O/c1-19-15-7-4-12(9-17-15)18-14-6-2-10-8-11(16)3-5-13(10)14/h3-5,7-9,14,18H,2,6H2,1H3. The van der Waals surface area contributed by atoms with Crippen molar-refractivity contribution in [2.45, 2.75) is 18.9 Å². The number of aromatic nitrogens is 1. The zero-order valence-corrected chi connectivity index (χ0v) is 12.3. The van der Waals surface area contributed by atoms with Crippen molar-refractivity contribution in [2.24, 2.45) is 0 Å². The molecular formula is C15H15BrN2O. The normalized spacial score (nSPS) is 17.1. The molecule has 0 amide bonds. The molecule has 4 heteroatoms. The van der Waals surface area contributed by atoms with E-state index in [-0.39, 0.29) is 0 Å². The van der Waals surface area contributed by atoms with Crippen LogP contribution >= 0.6 is 15.9 Å². The van der Waals surface area contributed by atoms with Gasteiger partial charge < -0.3 is 10.1 Å². The smallest absolute Gasteiger partial charge is 0.213 e. The fraction of sp³-hybridized carbons (Fsp3) is 0.267. The van der Waals surface area contributed by atoms with E-state index in [4.69, 9.17) is 4.74 Å². The van der Waals surface area contributed by atoms with Crippen LogP contribution in [0.4, 0.5) is 5.69 Å². The Morgan fingerprint density at radius 2 is 2.21 bits per heavy atom. The summed E-state index contributed by atoms with van der Waals surface area (Å²) in [5, 5.41) is 3.53. The van der Waals surface area contributed by atoms with Gasteiger partial charge in [0.2, 0.25) is 5.88 Å². The molecule has 1 aliphatic rings. The third kappa shape index (κ3) is 2.59. The molecule has 0 radical (unpaired) electrons. The number of fused-ring (bicyclic) bond motifs is 1. The molecule has 1 heterocycles. The van der Waals surface area contributed by atoms with E-state index in [9.17, 15) is 0 Å². The Morgan fingerprint density at radius 3 is 2.95 bits per heavy atom. The molecule has 1 aromatic heterocycles. The van der Waals surface area contributed by atoms with Crippen molar-refractivity contribution >= 4 is 21.6 Å². The number of hydrogen-bond acceptors (Lipinski definition) is 3. The second kappa shape index (κ2) is 5.21. The van der Waals surface area contributed by atoms with Crippen LogP contribution in [0.2, 0.25) is 0 Å². The Kier molecular flexibility index (Phi) is 3.42. The summed E-state index contributed by atoms with van der Waals surface area (Å²) in [5.74, 6) is 0.640. The van der Waals surface area contributed by atoms with Gasteiger partial charge in [-0.05, 0) is 42.2 Å². The first-order valence-electron chi connectivity index (χ1n) is 6.31. The van der Waals surface area contributed by atoms with E-state index in [1.54, 1.807) is 7.11 Å². The first kappa shape index (κ1) is 12.5. The average Bonchev–Trinajstić information content (AvgIpc) is 2.82. The molecule has 1 aliphatic carbocycles. The van der Waals surface area contributed by atoms with Crippen molar-refractivity contribution < 1.29 is 4.74 Å². The number of nitrogens with zero attached hydrogens (tertiary/aromatic N) is 1. The fourth-order valence-corrected chi connectivity index (χ4v) is 2.93. The summed E-state index contributed by atoms with van der Waals surface area (Å²) in [7, 11) is 1.63. The number of methoxy groups -OCH3 is 1. The molecule has 98 valence electrons. The highest BCUT2D eigenvalue weighted by Gasteiger charge is 2.22. The van der Waals surface area contributed by atoms with E-state index in [1.807, 2.05) is 18.3 Å². The molecule has 19 heavy (non-hydrogen) atoms. The fourth-order valence-electron chi connectivity index (χ4n) is 2.52. The monoisotopic (exact) mass is 318 g/mol. The summed E-state index contributed by atoms with van der Waals surface area (Å²) < 4.78 is 6.22. The molecule has 2 aromatic rings. The average molecular weight is 319 g/mol. The topological polar surface area (TPSA) is 34.1 Å². The maximum atomic E-state index is 5.06. The zero-order chi connectivity index (χ0) is 13.2. The van der Waals surface area contributed by atoms with Crippen molar-refractivity contribution in [3.8, 4) is 5.88 Å². The van der Waals surface area contributed by atoms with Gasteiger partial charge >= 0.3 is 0 Å². The van der Waals surface area contributed by atoms with Crippen LogP contribution in [0.3, 0.4) is 0 Å². The van der Waals surface area contributed by atoms with Crippen LogP contribution in [0.15, 0.2) is 41.0 Å². The van der Waals surface area contributed by atoms with E-state index in [0.29, 0.717) is 11.9 Å². The third-order valence-electron chi connectivity index (χ3n) is 3.47. The van der Waals surface area contributed by atoms with Crippen LogP contribution in [0.5, 0.6) is 5.88 Å². The Labute approximate surface area is 121 Å². The number of rotatable bonds is 3. The van der Waals surface area contributed by atoms with Crippen LogP contribution in [0, 0.1) is 0 Å². The summed E-state index contributed by atoms with van der Waals surface area (Å²) in [4.78, 5) is 4.22. The highest BCUT2D eigenvalue weighted by molar-refractivity contribution is 9.10. The lowest BCUT2D eigenvalue weighted by atomic mass is 10.1. The molecule has 0 spiro atoms. The van der Waals surface area contributed by atoms with E-state index < -0.39 is 0 Å². The Morgan fingerprint density at radius 1 is 1.32 bits per heavy atom. The van der Waals surface area contributed by atoms with Gasteiger partial charge in [-0.3, -0.25) is 0 Å². The molecule has 1 atom stereocenters. The maximum Gasteiger partial charge on any atom is 0.213 e. The van der Waals surface area contributed by atoms with Crippen molar-refractivity contribution in [3.63, 3.8) is 0 Å². The summed E-state index contributed by atoms with van der Waals surface area (Å²) in [5.41, 5.74) is 3.84. The van der Waals surface area contributed by atoms with Gasteiger partial charge in [0.25, 0.3) is 0 Å². The summed E-state index contributed by atoms with van der Waals surface area (Å²) in [6.45, 7) is 0. The van der Waals surface area contributed by atoms with Gasteiger partial charge in [0.1, 0.15) is 0 Å². The van der Waals surface area contributed by atoms with Gasteiger partial charge in [-0.15, -0.1) is 0 Å². The predicted molar refractivity (Wildman–Crippen MR) is 79.6 cm³/mol. The van der Waals surface area contributed by atoms with E-state index >= 15 is 0 Å². The molecule has 3 rings (SSSR count). The molecule has 1 N–H and O–H groups in total. The number of aryl methyl sites for hydroxylation is 1. The van der Waals surface area contributed by atoms with Crippen molar-refractivity contribution in [3.05, 3.63) is 52.1 Å². The molecule has 3 nitrogen and oxygen atoms in total. The number of halogens is 1. The molecule has 0 bridgehead atoms. The number of hydrogen-bond donors (Lipinski definition) is 1. The zero-order valence-electron chi connectivity index (χ0n) is 10.7. The SMILES string of the molecule is COc1ccc(NC2CCc3cc(Br)ccc32)cn1. The largest absolute Gasteiger partial charge is 0.481 e. The first-order valence-corrected chi connectivity index (χ1v) is 7.10. The van der Waals surface area contributed by atoms with E-state index in [1.165, 1.54) is 11.1 Å². The molecule has 0 fully saturated rings. The summed E-state index contributed by atoms with van der Waals surface area (Å²) in [6, 6.07) is 10.8. The molecule has 1 unspecified atom stereocenters. The third-order valence-corrected chi connectivity index (χ3v) is 3.96.